The molecule has 4 nitrogen and oxygen atoms in total. The Morgan fingerprint density at radius 3 is 2.19 bits per heavy atom. The number of benzene rings is 1. The van der Waals surface area contributed by atoms with Crippen molar-refractivity contribution in [1.29, 1.82) is 0 Å². The normalized spacial score (nSPS) is 11.6. The maximum absolute atomic E-state index is 15.3. The van der Waals surface area contributed by atoms with Crippen LogP contribution in [0.25, 0.3) is 33.3 Å². The molecule has 0 bridgehead atoms. The Bertz CT molecular complexity index is 1170. The van der Waals surface area contributed by atoms with E-state index in [0.717, 1.165) is 27.6 Å². The number of nitrogens with two attached hydrogens (primary N) is 2. The number of nitrogens with zero attached hydrogens (tertiary/aromatic N) is 2. The third kappa shape index (κ3) is 1.97. The molecule has 3 heterocycles. The summed E-state index contributed by atoms with van der Waals surface area (Å²) in [5.41, 5.74) is 18.1. The van der Waals surface area contributed by atoms with Gasteiger partial charge in [0.25, 0.3) is 0 Å². The number of halogens is 2. The summed E-state index contributed by atoms with van der Waals surface area (Å²) in [5.74, 6) is 0. The number of nitrogen functional groups attached to an aromatic ring is 2. The number of hydrogen-bond acceptors (Lipinski definition) is 2. The van der Waals surface area contributed by atoms with E-state index in [-0.39, 0.29) is 11.2 Å². The summed E-state index contributed by atoms with van der Waals surface area (Å²) in [6, 6.07) is 5.32. The first-order valence-electron chi connectivity index (χ1n) is 8.38. The Labute approximate surface area is 150 Å². The van der Waals surface area contributed by atoms with E-state index >= 15 is 4.48 Å². The van der Waals surface area contributed by atoms with E-state index in [9.17, 15) is 4.48 Å². The number of pyridine rings is 1. The van der Waals surface area contributed by atoms with E-state index in [1.54, 1.807) is 26.0 Å². The molecule has 1 aromatic heterocycles. The van der Waals surface area contributed by atoms with Crippen molar-refractivity contribution >= 4 is 29.2 Å². The minimum atomic E-state index is 0.227. The van der Waals surface area contributed by atoms with Crippen LogP contribution in [0, 0.1) is 27.7 Å². The van der Waals surface area contributed by atoms with Gasteiger partial charge >= 0.3 is 150 Å². The molecule has 1 aromatic carbocycles. The third-order valence-corrected chi connectivity index (χ3v) is 5.24. The van der Waals surface area contributed by atoms with Crippen LogP contribution in [0.4, 0.5) is 20.3 Å². The van der Waals surface area contributed by atoms with Crippen molar-refractivity contribution in [1.82, 2.24) is 9.58 Å². The topological polar surface area (TPSA) is 61.9 Å². The Morgan fingerprint density at radius 2 is 1.54 bits per heavy atom. The molecule has 0 unspecified atom stereocenters. The summed E-state index contributed by atoms with van der Waals surface area (Å²) in [6.45, 7) is 8.95. The molecule has 0 saturated carbocycles. The third-order valence-electron chi connectivity index (χ3n) is 5.24. The van der Waals surface area contributed by atoms with Crippen LogP contribution in [0.1, 0.15) is 22.3 Å². The van der Waals surface area contributed by atoms with Gasteiger partial charge in [0.15, 0.2) is 0 Å². The van der Waals surface area contributed by atoms with Gasteiger partial charge in [-0.05, 0) is 0 Å². The van der Waals surface area contributed by atoms with Crippen LogP contribution in [0.15, 0.2) is 18.2 Å². The van der Waals surface area contributed by atoms with Crippen molar-refractivity contribution < 1.29 is 8.96 Å². The zero-order chi connectivity index (χ0) is 18.9. The summed E-state index contributed by atoms with van der Waals surface area (Å²) in [4.78, 5) is 1.14. The van der Waals surface area contributed by atoms with Crippen LogP contribution in [0.3, 0.4) is 0 Å². The molecule has 2 aliphatic heterocycles. The van der Waals surface area contributed by atoms with Crippen molar-refractivity contribution in [3.63, 3.8) is 0 Å². The van der Waals surface area contributed by atoms with E-state index in [2.05, 4.69) is 0 Å². The first-order chi connectivity index (χ1) is 12.2. The minimum absolute atomic E-state index is 0.227. The zero-order valence-corrected chi connectivity index (χ0v) is 15.1. The summed E-state index contributed by atoms with van der Waals surface area (Å²) in [7, 11) is 0. The summed E-state index contributed by atoms with van der Waals surface area (Å²) < 4.78 is 29.9. The second kappa shape index (κ2) is 5.33. The fraction of sp³-hybridized carbons (Fsp3) is 0.211. The van der Waals surface area contributed by atoms with Gasteiger partial charge in [-0.15, -0.1) is 0 Å². The SMILES string of the molecule is Cc1bc(C)c2n(F)c3c(C)n(F)c(C)c3c(-c3ccc(N)c(N)c3)c1-2. The van der Waals surface area contributed by atoms with Crippen molar-refractivity contribution in [3.05, 3.63) is 40.5 Å². The van der Waals surface area contributed by atoms with E-state index in [1.807, 2.05) is 26.8 Å². The molecular formula is C19H19BF2N4. The second-order valence-electron chi connectivity index (χ2n) is 6.91. The molecule has 0 atom stereocenters. The van der Waals surface area contributed by atoms with Gasteiger partial charge in [0.1, 0.15) is 0 Å². The average Bonchev–Trinajstić information content (AvgIpc) is 3.01. The summed E-state index contributed by atoms with van der Waals surface area (Å²) in [5, 5.41) is 0.540. The number of anilines is 2. The van der Waals surface area contributed by atoms with Gasteiger partial charge in [-0.25, -0.2) is 0 Å². The predicted octanol–water partition coefficient (Wildman–Crippen LogP) is 4.42. The summed E-state index contributed by atoms with van der Waals surface area (Å²) >= 11 is 0. The number of fused-ring (bicyclic) bond motifs is 2. The standard InChI is InChI=1S/C19H19BF2N4/c1-8-15-17(12-5-6-13(23)14(24)7-12)16-10(3)25(21)11(4)19(16)26(22)18(15)9(2)20-8/h5-7H,23-24H2,1-4H3. The monoisotopic (exact) mass is 352 g/mol. The molecule has 0 amide bonds. The zero-order valence-electron chi connectivity index (χ0n) is 15.1. The van der Waals surface area contributed by atoms with Crippen LogP contribution >= 0.6 is 0 Å². The van der Waals surface area contributed by atoms with E-state index in [0.29, 0.717) is 37.7 Å². The molecule has 0 aliphatic carbocycles. The molecule has 4 rings (SSSR count). The van der Waals surface area contributed by atoms with Gasteiger partial charge in [-0.2, -0.15) is 0 Å². The van der Waals surface area contributed by atoms with Gasteiger partial charge in [-0.1, -0.05) is 0 Å². The molecule has 0 radical (unpaired) electrons. The van der Waals surface area contributed by atoms with E-state index in [1.165, 1.54) is 0 Å². The molecule has 4 N–H and O–H groups in total. The molecule has 7 heteroatoms. The number of hydrogen-bond donors (Lipinski definition) is 2. The molecule has 0 spiro atoms. The van der Waals surface area contributed by atoms with Crippen LogP contribution < -0.4 is 11.5 Å². The Hall–Kier alpha value is -2.83. The molecular weight excluding hydrogens is 333 g/mol. The maximum atomic E-state index is 15.3. The van der Waals surface area contributed by atoms with Crippen LogP contribution in [-0.4, -0.2) is 16.5 Å². The second-order valence-corrected chi connectivity index (χ2v) is 6.91. The van der Waals surface area contributed by atoms with E-state index in [4.69, 9.17) is 11.5 Å². The predicted molar refractivity (Wildman–Crippen MR) is 104 cm³/mol. The quantitative estimate of drug-likeness (QED) is 0.498. The Balaban J connectivity index is 2.31. The number of aromatic nitrogens is 2. The first kappa shape index (κ1) is 16.6. The van der Waals surface area contributed by atoms with Gasteiger partial charge in [0.05, 0.1) is 0 Å². The number of aryl methyl sites for hydroxylation is 4. The summed E-state index contributed by atoms with van der Waals surface area (Å²) in [6.07, 6.45) is 0. The Kier molecular flexibility index (Phi) is 3.41. The van der Waals surface area contributed by atoms with Gasteiger partial charge in [-0.3, -0.25) is 0 Å². The molecule has 2 aliphatic rings. The molecule has 0 fully saturated rings. The molecule has 0 saturated heterocycles. The van der Waals surface area contributed by atoms with Crippen LogP contribution in [0.2, 0.25) is 0 Å². The Morgan fingerprint density at radius 1 is 0.846 bits per heavy atom. The van der Waals surface area contributed by atoms with Crippen molar-refractivity contribution in [3.8, 4) is 22.4 Å². The average molecular weight is 352 g/mol. The fourth-order valence-electron chi connectivity index (χ4n) is 4.01. The number of rotatable bonds is 1. The molecule has 2 aromatic rings. The molecule has 132 valence electrons. The first-order valence-corrected chi connectivity index (χ1v) is 8.38. The van der Waals surface area contributed by atoms with Crippen molar-refractivity contribution in [2.75, 3.05) is 11.5 Å². The van der Waals surface area contributed by atoms with Gasteiger partial charge < -0.3 is 0 Å². The molecule has 26 heavy (non-hydrogen) atoms. The van der Waals surface area contributed by atoms with Crippen molar-refractivity contribution in [2.45, 2.75) is 27.7 Å². The van der Waals surface area contributed by atoms with Crippen molar-refractivity contribution in [2.24, 2.45) is 0 Å². The van der Waals surface area contributed by atoms with Gasteiger partial charge in [0.2, 0.25) is 0 Å². The van der Waals surface area contributed by atoms with Crippen LogP contribution in [-0.2, 0) is 0 Å². The van der Waals surface area contributed by atoms with E-state index < -0.39 is 0 Å². The van der Waals surface area contributed by atoms with Crippen LogP contribution in [0.5, 0.6) is 0 Å². The fourth-order valence-corrected chi connectivity index (χ4v) is 4.01. The van der Waals surface area contributed by atoms with Gasteiger partial charge in [0, 0.05) is 0 Å².